The number of carboxylic acid groups (broad SMARTS) is 2. The average molecular weight is 661 g/mol. The van der Waals surface area contributed by atoms with Crippen LogP contribution in [0, 0.1) is 18.8 Å². The fourth-order valence-corrected chi connectivity index (χ4v) is 6.27. The van der Waals surface area contributed by atoms with Gasteiger partial charge in [0.15, 0.2) is 23.0 Å². The lowest BCUT2D eigenvalue weighted by Crippen LogP contribution is -2.30. The summed E-state index contributed by atoms with van der Waals surface area (Å²) in [5, 5.41) is 18.8. The van der Waals surface area contributed by atoms with Gasteiger partial charge in [-0.15, -0.1) is 0 Å². The number of fused-ring (bicyclic) bond motifs is 2. The first-order chi connectivity index (χ1) is 21.8. The molecule has 2 heterocycles. The van der Waals surface area contributed by atoms with E-state index in [1.54, 1.807) is 9.80 Å². The van der Waals surface area contributed by atoms with E-state index < -0.39 is 23.8 Å². The van der Waals surface area contributed by atoms with Gasteiger partial charge in [0, 0.05) is 50.0 Å². The van der Waals surface area contributed by atoms with E-state index in [9.17, 15) is 24.3 Å². The molecule has 13 heteroatoms. The molecule has 2 aromatic carbocycles. The van der Waals surface area contributed by atoms with Crippen LogP contribution in [0.5, 0.6) is 23.0 Å². The van der Waals surface area contributed by atoms with E-state index in [-0.39, 0.29) is 43.9 Å². The van der Waals surface area contributed by atoms with E-state index in [4.69, 9.17) is 35.7 Å². The SMILES string of the molecule is COc1cc2c(cc1OCCCOc1c(Cl)c3c(c(C)c1OC)CN(C(=O)CC(C)C(=O)O)C3C)CN(C(=O)C[C@H](C)C(=O)O)C2. The second-order valence-electron chi connectivity index (χ2n) is 11.9. The lowest BCUT2D eigenvalue weighted by Gasteiger charge is -2.23. The molecule has 0 aliphatic carbocycles. The number of ether oxygens (including phenoxy) is 4. The van der Waals surface area contributed by atoms with Crippen molar-refractivity contribution in [1.29, 1.82) is 0 Å². The molecule has 3 atom stereocenters. The van der Waals surface area contributed by atoms with Crippen LogP contribution < -0.4 is 18.9 Å². The predicted octanol–water partition coefficient (Wildman–Crippen LogP) is 4.98. The van der Waals surface area contributed by atoms with Gasteiger partial charge in [0.05, 0.1) is 50.3 Å². The molecule has 0 fully saturated rings. The van der Waals surface area contributed by atoms with Crippen molar-refractivity contribution in [3.05, 3.63) is 45.0 Å². The van der Waals surface area contributed by atoms with E-state index >= 15 is 0 Å². The quantitative estimate of drug-likeness (QED) is 0.265. The van der Waals surface area contributed by atoms with E-state index in [2.05, 4.69) is 0 Å². The molecular weight excluding hydrogens is 620 g/mol. The summed E-state index contributed by atoms with van der Waals surface area (Å²) in [6.07, 6.45) is 0.312. The van der Waals surface area contributed by atoms with Gasteiger partial charge in [0.2, 0.25) is 11.8 Å². The molecule has 2 N–H and O–H groups in total. The molecular formula is C33H41ClN2O10. The van der Waals surface area contributed by atoms with Crippen LogP contribution in [0.3, 0.4) is 0 Å². The zero-order valence-corrected chi connectivity index (χ0v) is 27.7. The van der Waals surface area contributed by atoms with Crippen molar-refractivity contribution < 1.29 is 48.3 Å². The van der Waals surface area contributed by atoms with Crippen LogP contribution in [0.15, 0.2) is 12.1 Å². The Kier molecular flexibility index (Phi) is 10.9. The van der Waals surface area contributed by atoms with Crippen LogP contribution in [0.25, 0.3) is 0 Å². The molecule has 0 saturated carbocycles. The number of methoxy groups -OCH3 is 2. The number of nitrogens with zero attached hydrogens (tertiary/aromatic N) is 2. The minimum absolute atomic E-state index is 0.0658. The molecule has 2 aliphatic heterocycles. The van der Waals surface area contributed by atoms with E-state index in [0.717, 1.165) is 27.8 Å². The van der Waals surface area contributed by atoms with Gasteiger partial charge in [0.25, 0.3) is 0 Å². The monoisotopic (exact) mass is 660 g/mol. The Morgan fingerprint density at radius 1 is 0.870 bits per heavy atom. The van der Waals surface area contributed by atoms with Crippen molar-refractivity contribution in [2.24, 2.45) is 11.8 Å². The molecule has 0 aromatic heterocycles. The van der Waals surface area contributed by atoms with Crippen molar-refractivity contribution in [3.8, 4) is 23.0 Å². The Morgan fingerprint density at radius 2 is 1.43 bits per heavy atom. The van der Waals surface area contributed by atoms with Gasteiger partial charge in [-0.05, 0) is 42.7 Å². The lowest BCUT2D eigenvalue weighted by atomic mass is 9.99. The van der Waals surface area contributed by atoms with Gasteiger partial charge in [-0.1, -0.05) is 25.4 Å². The number of carbonyl (C=O) groups is 4. The van der Waals surface area contributed by atoms with Gasteiger partial charge >= 0.3 is 11.9 Å². The third kappa shape index (κ3) is 7.11. The number of hydrogen-bond donors (Lipinski definition) is 2. The van der Waals surface area contributed by atoms with E-state index in [1.807, 2.05) is 26.0 Å². The number of aliphatic carboxylic acids is 2. The number of benzene rings is 2. The van der Waals surface area contributed by atoms with Crippen molar-refractivity contribution in [2.75, 3.05) is 27.4 Å². The average Bonchev–Trinajstić information content (AvgIpc) is 3.59. The molecule has 12 nitrogen and oxygen atoms in total. The standard InChI is InChI=1S/C33H41ClN2O10/c1-17(32(39)40)10-26(37)35-14-21-12-24(43-5)25(13-22(21)15-35)45-8-7-9-46-31-29(34)28-20(4)36(27(38)11-18(2)33(41)42)16-23(28)19(3)30(31)44-6/h12-13,17-18,20H,7-11,14-16H2,1-6H3,(H,39,40)(H,41,42)/t17-,18?,20?/m0/s1. The highest BCUT2D eigenvalue weighted by Crippen LogP contribution is 2.50. The molecule has 0 saturated heterocycles. The first-order valence-corrected chi connectivity index (χ1v) is 15.5. The first-order valence-electron chi connectivity index (χ1n) is 15.2. The van der Waals surface area contributed by atoms with Crippen LogP contribution in [-0.2, 0) is 38.8 Å². The maximum absolute atomic E-state index is 13.0. The highest BCUT2D eigenvalue weighted by atomic mass is 35.5. The Morgan fingerprint density at radius 3 is 2.00 bits per heavy atom. The molecule has 4 rings (SSSR count). The van der Waals surface area contributed by atoms with Gasteiger partial charge in [0.1, 0.15) is 0 Å². The number of amides is 2. The van der Waals surface area contributed by atoms with Crippen LogP contribution in [0.4, 0.5) is 0 Å². The second-order valence-corrected chi connectivity index (χ2v) is 12.2. The van der Waals surface area contributed by atoms with Gasteiger partial charge in [-0.3, -0.25) is 19.2 Å². The van der Waals surface area contributed by atoms with Crippen LogP contribution in [0.2, 0.25) is 5.02 Å². The third-order valence-electron chi connectivity index (χ3n) is 8.66. The fraction of sp³-hybridized carbons (Fsp3) is 0.515. The molecule has 46 heavy (non-hydrogen) atoms. The number of carboxylic acids is 2. The summed E-state index contributed by atoms with van der Waals surface area (Å²) in [5.74, 6) is -2.17. The van der Waals surface area contributed by atoms with Crippen molar-refractivity contribution in [3.63, 3.8) is 0 Å². The van der Waals surface area contributed by atoms with Crippen molar-refractivity contribution >= 4 is 35.4 Å². The minimum atomic E-state index is -1.02. The zero-order valence-electron chi connectivity index (χ0n) is 27.0. The van der Waals surface area contributed by atoms with E-state index in [1.165, 1.54) is 28.1 Å². The predicted molar refractivity (Wildman–Crippen MR) is 167 cm³/mol. The molecule has 0 bridgehead atoms. The summed E-state index contributed by atoms with van der Waals surface area (Å²) in [6.45, 7) is 8.34. The molecule has 2 aliphatic rings. The Hall–Kier alpha value is -4.19. The highest BCUT2D eigenvalue weighted by molar-refractivity contribution is 6.33. The topological polar surface area (TPSA) is 152 Å². The number of halogens is 1. The van der Waals surface area contributed by atoms with E-state index in [0.29, 0.717) is 54.1 Å². The summed E-state index contributed by atoms with van der Waals surface area (Å²) in [5.41, 5.74) is 4.25. The largest absolute Gasteiger partial charge is 0.493 e. The lowest BCUT2D eigenvalue weighted by molar-refractivity contribution is -0.146. The zero-order chi connectivity index (χ0) is 33.9. The molecule has 0 radical (unpaired) electrons. The van der Waals surface area contributed by atoms with Crippen LogP contribution in [0.1, 0.15) is 73.9 Å². The van der Waals surface area contributed by atoms with Crippen molar-refractivity contribution in [1.82, 2.24) is 9.80 Å². The third-order valence-corrected chi connectivity index (χ3v) is 9.03. The van der Waals surface area contributed by atoms with Gasteiger partial charge < -0.3 is 39.0 Å². The molecule has 250 valence electrons. The summed E-state index contributed by atoms with van der Waals surface area (Å²) >= 11 is 6.87. The van der Waals surface area contributed by atoms with Crippen molar-refractivity contribution in [2.45, 2.75) is 72.6 Å². The summed E-state index contributed by atoms with van der Waals surface area (Å²) in [4.78, 5) is 51.3. The number of rotatable bonds is 14. The Balaban J connectivity index is 1.39. The Bertz CT molecular complexity index is 1530. The smallest absolute Gasteiger partial charge is 0.306 e. The maximum Gasteiger partial charge on any atom is 0.306 e. The number of carbonyl (C=O) groups excluding carboxylic acids is 2. The minimum Gasteiger partial charge on any atom is -0.493 e. The molecule has 2 amide bonds. The number of hydrogen-bond acceptors (Lipinski definition) is 8. The highest BCUT2D eigenvalue weighted by Gasteiger charge is 2.37. The second kappa shape index (κ2) is 14.5. The molecule has 2 unspecified atom stereocenters. The summed E-state index contributed by atoms with van der Waals surface area (Å²) < 4.78 is 23.4. The maximum atomic E-state index is 13.0. The Labute approximate surface area is 273 Å². The summed E-state index contributed by atoms with van der Waals surface area (Å²) in [7, 11) is 3.06. The van der Waals surface area contributed by atoms with Crippen LogP contribution >= 0.6 is 11.6 Å². The van der Waals surface area contributed by atoms with Gasteiger partial charge in [-0.2, -0.15) is 0 Å². The first kappa shape index (κ1) is 34.7. The normalized spacial score (nSPS) is 16.4. The molecule has 0 spiro atoms. The fourth-order valence-electron chi connectivity index (χ4n) is 5.86. The van der Waals surface area contributed by atoms with Crippen LogP contribution in [-0.4, -0.2) is 71.2 Å². The van der Waals surface area contributed by atoms with Gasteiger partial charge in [-0.25, -0.2) is 0 Å². The summed E-state index contributed by atoms with van der Waals surface area (Å²) in [6, 6.07) is 3.31. The molecule has 2 aromatic rings.